The fourth-order valence-electron chi connectivity index (χ4n) is 5.44. The van der Waals surface area contributed by atoms with Crippen molar-refractivity contribution in [2.24, 2.45) is 0 Å². The van der Waals surface area contributed by atoms with Crippen LogP contribution < -0.4 is 5.32 Å². The summed E-state index contributed by atoms with van der Waals surface area (Å²) in [6.45, 7) is 6.60. The van der Waals surface area contributed by atoms with Crippen molar-refractivity contribution in [2.45, 2.75) is 82.2 Å². The normalized spacial score (nSPS) is 20.9. The fourth-order valence-corrected chi connectivity index (χ4v) is 7.00. The number of hydrogen-bond donors (Lipinski definition) is 1. The standard InChI is InChI=1S/C26H40N4O3S/c1-2-23-10-5-8-15-28(23)16-9-14-27-26(31)21-29-19-13-22-20-24(11-12-25(22)29)34(32,33)30-17-6-3-4-7-18-30/h11-13,19-20,23H,2-10,14-18,21H2,1H3,(H,27,31)/t23-/m1/s1. The van der Waals surface area contributed by atoms with Crippen molar-refractivity contribution in [3.05, 3.63) is 30.5 Å². The monoisotopic (exact) mass is 488 g/mol. The number of hydrogen-bond acceptors (Lipinski definition) is 4. The maximum Gasteiger partial charge on any atom is 0.243 e. The molecule has 1 aromatic heterocycles. The Labute approximate surface area is 204 Å². The number of rotatable bonds is 9. The number of likely N-dealkylation sites (tertiary alicyclic amines) is 1. The lowest BCUT2D eigenvalue weighted by Gasteiger charge is -2.35. The molecule has 2 aromatic rings. The average Bonchev–Trinajstić information content (AvgIpc) is 3.04. The molecular weight excluding hydrogens is 448 g/mol. The van der Waals surface area contributed by atoms with E-state index in [2.05, 4.69) is 17.1 Å². The van der Waals surface area contributed by atoms with Gasteiger partial charge in [0.25, 0.3) is 0 Å². The molecule has 34 heavy (non-hydrogen) atoms. The van der Waals surface area contributed by atoms with Crippen LogP contribution in [0.15, 0.2) is 35.4 Å². The first-order chi connectivity index (χ1) is 16.5. The highest BCUT2D eigenvalue weighted by molar-refractivity contribution is 7.89. The highest BCUT2D eigenvalue weighted by atomic mass is 32.2. The highest BCUT2D eigenvalue weighted by Crippen LogP contribution is 2.25. The predicted octanol–water partition coefficient (Wildman–Crippen LogP) is 3.98. The number of nitrogens with zero attached hydrogens (tertiary/aromatic N) is 3. The van der Waals surface area contributed by atoms with Crippen molar-refractivity contribution in [3.8, 4) is 0 Å². The molecule has 2 fully saturated rings. The molecule has 7 nitrogen and oxygen atoms in total. The van der Waals surface area contributed by atoms with E-state index in [4.69, 9.17) is 0 Å². The van der Waals surface area contributed by atoms with Crippen LogP contribution >= 0.6 is 0 Å². The van der Waals surface area contributed by atoms with Gasteiger partial charge in [-0.05, 0) is 69.3 Å². The van der Waals surface area contributed by atoms with Crippen LogP contribution in [0.4, 0.5) is 0 Å². The van der Waals surface area contributed by atoms with Gasteiger partial charge in [0.1, 0.15) is 6.54 Å². The Morgan fingerprint density at radius 2 is 1.79 bits per heavy atom. The van der Waals surface area contributed by atoms with Crippen LogP contribution in [-0.2, 0) is 21.4 Å². The number of carbonyl (C=O) groups excluding carboxylic acids is 1. The molecule has 0 aliphatic carbocycles. The van der Waals surface area contributed by atoms with Crippen LogP contribution in [0.25, 0.3) is 10.9 Å². The van der Waals surface area contributed by atoms with Gasteiger partial charge in [0.2, 0.25) is 15.9 Å². The summed E-state index contributed by atoms with van der Waals surface area (Å²) < 4.78 is 29.8. The second-order valence-corrected chi connectivity index (χ2v) is 11.7. The number of piperidine rings is 1. The zero-order valence-electron chi connectivity index (χ0n) is 20.5. The molecule has 1 N–H and O–H groups in total. The van der Waals surface area contributed by atoms with Crippen LogP contribution in [0.2, 0.25) is 0 Å². The third kappa shape index (κ3) is 6.01. The molecule has 0 radical (unpaired) electrons. The summed E-state index contributed by atoms with van der Waals surface area (Å²) in [7, 11) is -3.48. The van der Waals surface area contributed by atoms with Gasteiger partial charge in [0.15, 0.2) is 0 Å². The smallest absolute Gasteiger partial charge is 0.243 e. The summed E-state index contributed by atoms with van der Waals surface area (Å²) in [5.41, 5.74) is 0.879. The largest absolute Gasteiger partial charge is 0.355 e. The molecule has 1 amide bonds. The molecule has 188 valence electrons. The Morgan fingerprint density at radius 1 is 1.03 bits per heavy atom. The summed E-state index contributed by atoms with van der Waals surface area (Å²) in [6.07, 6.45) is 12.0. The summed E-state index contributed by atoms with van der Waals surface area (Å²) in [4.78, 5) is 15.5. The predicted molar refractivity (Wildman–Crippen MR) is 136 cm³/mol. The van der Waals surface area contributed by atoms with Gasteiger partial charge in [-0.3, -0.25) is 4.79 Å². The highest BCUT2D eigenvalue weighted by Gasteiger charge is 2.25. The van der Waals surface area contributed by atoms with Crippen molar-refractivity contribution >= 4 is 26.8 Å². The minimum Gasteiger partial charge on any atom is -0.355 e. The van der Waals surface area contributed by atoms with Crippen LogP contribution in [0, 0.1) is 0 Å². The van der Waals surface area contributed by atoms with E-state index in [1.807, 2.05) is 22.9 Å². The van der Waals surface area contributed by atoms with Gasteiger partial charge in [-0.2, -0.15) is 4.31 Å². The summed E-state index contributed by atoms with van der Waals surface area (Å²) in [5.74, 6) is -0.00977. The Morgan fingerprint density at radius 3 is 2.56 bits per heavy atom. The number of benzene rings is 1. The van der Waals surface area contributed by atoms with E-state index in [1.165, 1.54) is 32.2 Å². The van der Waals surface area contributed by atoms with E-state index in [0.717, 1.165) is 49.6 Å². The zero-order chi connectivity index (χ0) is 24.0. The SMILES string of the molecule is CC[C@@H]1CCCCN1CCCNC(=O)Cn1ccc2cc(S(=O)(=O)N3CCCCCC3)ccc21. The molecule has 2 saturated heterocycles. The van der Waals surface area contributed by atoms with E-state index in [-0.39, 0.29) is 12.5 Å². The molecule has 1 aromatic carbocycles. The average molecular weight is 489 g/mol. The fraction of sp³-hybridized carbons (Fsp3) is 0.654. The Bertz CT molecular complexity index is 1060. The number of fused-ring (bicyclic) bond motifs is 1. The Hall–Kier alpha value is -1.90. The second kappa shape index (κ2) is 11.7. The molecule has 0 bridgehead atoms. The van der Waals surface area contributed by atoms with Crippen molar-refractivity contribution in [2.75, 3.05) is 32.7 Å². The third-order valence-corrected chi connectivity index (χ3v) is 9.32. The van der Waals surface area contributed by atoms with Crippen LogP contribution in [0.1, 0.15) is 64.7 Å². The van der Waals surface area contributed by atoms with Gasteiger partial charge in [0.05, 0.1) is 4.90 Å². The van der Waals surface area contributed by atoms with Crippen LogP contribution in [-0.4, -0.2) is 66.9 Å². The van der Waals surface area contributed by atoms with Gasteiger partial charge in [-0.25, -0.2) is 8.42 Å². The van der Waals surface area contributed by atoms with Gasteiger partial charge < -0.3 is 14.8 Å². The Balaban J connectivity index is 1.31. The molecule has 8 heteroatoms. The number of carbonyl (C=O) groups is 1. The topological polar surface area (TPSA) is 74.6 Å². The molecule has 0 unspecified atom stereocenters. The molecule has 2 aliphatic heterocycles. The summed E-state index contributed by atoms with van der Waals surface area (Å²) >= 11 is 0. The van der Waals surface area contributed by atoms with Gasteiger partial charge in [-0.15, -0.1) is 0 Å². The van der Waals surface area contributed by atoms with Crippen LogP contribution in [0.3, 0.4) is 0 Å². The first kappa shape index (κ1) is 25.2. The number of nitrogens with one attached hydrogen (secondary N) is 1. The third-order valence-electron chi connectivity index (χ3n) is 7.42. The minimum absolute atomic E-state index is 0.00977. The van der Waals surface area contributed by atoms with E-state index in [1.54, 1.807) is 16.4 Å². The molecular formula is C26H40N4O3S. The first-order valence-corrected chi connectivity index (χ1v) is 14.5. The minimum atomic E-state index is -3.48. The van der Waals surface area contributed by atoms with Crippen LogP contribution in [0.5, 0.6) is 0 Å². The maximum atomic E-state index is 13.1. The lowest BCUT2D eigenvalue weighted by atomic mass is 10.00. The number of aromatic nitrogens is 1. The quantitative estimate of drug-likeness (QED) is 0.542. The summed E-state index contributed by atoms with van der Waals surface area (Å²) in [5, 5.41) is 3.90. The van der Waals surface area contributed by atoms with Crippen molar-refractivity contribution in [1.29, 1.82) is 0 Å². The Kier molecular flexibility index (Phi) is 8.66. The van der Waals surface area contributed by atoms with E-state index < -0.39 is 10.0 Å². The lowest BCUT2D eigenvalue weighted by Crippen LogP contribution is -2.40. The second-order valence-electron chi connectivity index (χ2n) is 9.78. The first-order valence-electron chi connectivity index (χ1n) is 13.1. The van der Waals surface area contributed by atoms with Gasteiger partial charge >= 0.3 is 0 Å². The number of amides is 1. The van der Waals surface area contributed by atoms with E-state index >= 15 is 0 Å². The maximum absolute atomic E-state index is 13.1. The molecule has 4 rings (SSSR count). The van der Waals surface area contributed by atoms with Gasteiger partial charge in [0, 0.05) is 49.3 Å². The number of sulfonamides is 1. The van der Waals surface area contributed by atoms with E-state index in [0.29, 0.717) is 30.6 Å². The molecule has 0 saturated carbocycles. The van der Waals surface area contributed by atoms with E-state index in [9.17, 15) is 13.2 Å². The van der Waals surface area contributed by atoms with Crippen molar-refractivity contribution < 1.29 is 13.2 Å². The molecule has 1 atom stereocenters. The summed E-state index contributed by atoms with van der Waals surface area (Å²) in [6, 6.07) is 7.84. The van der Waals surface area contributed by atoms with Crippen molar-refractivity contribution in [1.82, 2.24) is 19.1 Å². The zero-order valence-corrected chi connectivity index (χ0v) is 21.4. The molecule has 3 heterocycles. The van der Waals surface area contributed by atoms with Crippen molar-refractivity contribution in [3.63, 3.8) is 0 Å². The molecule has 2 aliphatic rings. The molecule has 0 spiro atoms. The van der Waals surface area contributed by atoms with Gasteiger partial charge in [-0.1, -0.05) is 26.2 Å². The lowest BCUT2D eigenvalue weighted by molar-refractivity contribution is -0.121.